The summed E-state index contributed by atoms with van der Waals surface area (Å²) in [6.45, 7) is -0.374. The molecule has 0 aromatic carbocycles. The average molecular weight is 215 g/mol. The third-order valence-corrected chi connectivity index (χ3v) is 1.75. The monoisotopic (exact) mass is 215 g/mol. The Bertz CT molecular complexity index is 350. The molecule has 0 aliphatic rings. The Morgan fingerprint density at radius 1 is 1.80 bits per heavy atom. The molecule has 0 amide bonds. The highest BCUT2D eigenvalue weighted by molar-refractivity contribution is 5.77. The smallest absolute Gasteiger partial charge is 0.334 e. The fourth-order valence-corrected chi connectivity index (χ4v) is 1.08. The van der Waals surface area contributed by atoms with E-state index in [1.807, 2.05) is 0 Å². The molecule has 1 aromatic rings. The first-order valence-electron chi connectivity index (χ1n) is 3.96. The van der Waals surface area contributed by atoms with Crippen LogP contribution in [0.2, 0.25) is 0 Å². The number of furan rings is 1. The zero-order valence-electron chi connectivity index (χ0n) is 7.57. The van der Waals surface area contributed by atoms with Crippen LogP contribution in [-0.4, -0.2) is 28.7 Å². The van der Waals surface area contributed by atoms with Gasteiger partial charge in [-0.25, -0.2) is 14.9 Å². The van der Waals surface area contributed by atoms with Crippen LogP contribution in [0.15, 0.2) is 23.0 Å². The number of rotatable bonds is 5. The van der Waals surface area contributed by atoms with Crippen molar-refractivity contribution in [2.75, 3.05) is 11.6 Å². The second-order valence-corrected chi connectivity index (χ2v) is 2.65. The molecule has 15 heavy (non-hydrogen) atoms. The van der Waals surface area contributed by atoms with Gasteiger partial charge in [-0.1, -0.05) is 5.01 Å². The van der Waals surface area contributed by atoms with E-state index in [-0.39, 0.29) is 12.2 Å². The molecule has 82 valence electrons. The molecule has 0 radical (unpaired) electrons. The lowest BCUT2D eigenvalue weighted by Gasteiger charge is -2.17. The van der Waals surface area contributed by atoms with Gasteiger partial charge in [0.25, 0.3) is 0 Å². The van der Waals surface area contributed by atoms with Crippen molar-refractivity contribution in [1.29, 1.82) is 0 Å². The number of hydrogen-bond acceptors (Lipinski definition) is 5. The molecule has 0 fully saturated rings. The highest BCUT2D eigenvalue weighted by Gasteiger charge is 2.34. The quantitative estimate of drug-likeness (QED) is 0.510. The van der Waals surface area contributed by atoms with Gasteiger partial charge < -0.3 is 15.3 Å². The largest absolute Gasteiger partial charge is 0.480 e. The fourth-order valence-electron chi connectivity index (χ4n) is 1.08. The lowest BCUT2D eigenvalue weighted by Crippen LogP contribution is -2.49. The minimum Gasteiger partial charge on any atom is -0.480 e. The van der Waals surface area contributed by atoms with Gasteiger partial charge in [-0.05, 0) is 0 Å². The third kappa shape index (κ3) is 2.23. The standard InChI is InChI=1S/C7H9N3O5/c8-3-6(7(11)12)9(10(13)14)5-1-2-15-4-5/h1-2,4,6H,3,8H2,(H,11,12)/t6-/m0/s1. The number of nitrogens with two attached hydrogens (primary N) is 1. The van der Waals surface area contributed by atoms with Gasteiger partial charge in [-0.15, -0.1) is 0 Å². The summed E-state index contributed by atoms with van der Waals surface area (Å²) in [5, 5.41) is 19.0. The van der Waals surface area contributed by atoms with Crippen LogP contribution in [0.25, 0.3) is 0 Å². The van der Waals surface area contributed by atoms with Crippen molar-refractivity contribution in [1.82, 2.24) is 0 Å². The number of hydrazine groups is 1. The van der Waals surface area contributed by atoms with Crippen molar-refractivity contribution in [2.24, 2.45) is 5.73 Å². The van der Waals surface area contributed by atoms with Gasteiger partial charge in [0, 0.05) is 12.6 Å². The predicted molar refractivity (Wildman–Crippen MR) is 48.7 cm³/mol. The van der Waals surface area contributed by atoms with E-state index in [1.54, 1.807) is 0 Å². The summed E-state index contributed by atoms with van der Waals surface area (Å²) in [7, 11) is 0. The van der Waals surface area contributed by atoms with Crippen molar-refractivity contribution in [3.05, 3.63) is 28.7 Å². The maximum absolute atomic E-state index is 10.7. The number of anilines is 1. The van der Waals surface area contributed by atoms with Crippen LogP contribution < -0.4 is 10.7 Å². The molecular weight excluding hydrogens is 206 g/mol. The second kappa shape index (κ2) is 4.42. The summed E-state index contributed by atoms with van der Waals surface area (Å²) in [5.74, 6) is -1.37. The van der Waals surface area contributed by atoms with Crippen LogP contribution in [0.4, 0.5) is 5.69 Å². The third-order valence-electron chi connectivity index (χ3n) is 1.75. The normalized spacial score (nSPS) is 12.1. The molecular formula is C7H9N3O5. The van der Waals surface area contributed by atoms with Gasteiger partial charge in [0.05, 0.1) is 6.26 Å². The highest BCUT2D eigenvalue weighted by atomic mass is 16.7. The van der Waals surface area contributed by atoms with Crippen molar-refractivity contribution in [3.63, 3.8) is 0 Å². The van der Waals surface area contributed by atoms with Crippen molar-refractivity contribution in [2.45, 2.75) is 6.04 Å². The molecule has 0 spiro atoms. The molecule has 0 bridgehead atoms. The van der Waals surface area contributed by atoms with Crippen molar-refractivity contribution < 1.29 is 19.4 Å². The van der Waals surface area contributed by atoms with E-state index in [9.17, 15) is 14.9 Å². The lowest BCUT2D eigenvalue weighted by molar-refractivity contribution is -0.498. The lowest BCUT2D eigenvalue weighted by atomic mass is 10.3. The minimum atomic E-state index is -1.42. The summed E-state index contributed by atoms with van der Waals surface area (Å²) in [6, 6.07) is -0.133. The van der Waals surface area contributed by atoms with Crippen LogP contribution in [-0.2, 0) is 4.79 Å². The topological polar surface area (TPSA) is 123 Å². The molecule has 1 rings (SSSR count). The number of carbonyl (C=O) groups is 1. The number of carboxylic acids is 1. The molecule has 0 unspecified atom stereocenters. The number of nitro groups is 1. The molecule has 3 N–H and O–H groups in total. The van der Waals surface area contributed by atoms with Gasteiger partial charge in [-0.2, -0.15) is 0 Å². The van der Waals surface area contributed by atoms with Crippen LogP contribution in [0.3, 0.4) is 0 Å². The van der Waals surface area contributed by atoms with Crippen molar-refractivity contribution >= 4 is 11.7 Å². The summed E-state index contributed by atoms with van der Waals surface area (Å²) in [6.07, 6.45) is 2.29. The molecule has 1 heterocycles. The molecule has 8 heteroatoms. The molecule has 0 aliphatic heterocycles. The average Bonchev–Trinajstić information content (AvgIpc) is 2.64. The first-order chi connectivity index (χ1) is 7.07. The maximum atomic E-state index is 10.7. The molecule has 0 aliphatic carbocycles. The van der Waals surface area contributed by atoms with Gasteiger partial charge in [0.15, 0.2) is 5.03 Å². The zero-order valence-corrected chi connectivity index (χ0v) is 7.57. The van der Waals surface area contributed by atoms with Gasteiger partial charge in [0.2, 0.25) is 6.04 Å². The fraction of sp³-hybridized carbons (Fsp3) is 0.286. The van der Waals surface area contributed by atoms with E-state index < -0.39 is 17.0 Å². The number of aliphatic carboxylic acids is 1. The Balaban J connectivity index is 3.02. The molecule has 8 nitrogen and oxygen atoms in total. The first-order valence-corrected chi connectivity index (χ1v) is 3.96. The Morgan fingerprint density at radius 2 is 2.47 bits per heavy atom. The maximum Gasteiger partial charge on any atom is 0.334 e. The van der Waals surface area contributed by atoms with E-state index in [1.165, 1.54) is 12.3 Å². The summed E-state index contributed by atoms with van der Waals surface area (Å²) >= 11 is 0. The Morgan fingerprint density at radius 3 is 2.80 bits per heavy atom. The van der Waals surface area contributed by atoms with E-state index in [2.05, 4.69) is 4.42 Å². The Kier molecular flexibility index (Phi) is 3.24. The number of nitrogens with zero attached hydrogens (tertiary/aromatic N) is 2. The van der Waals surface area contributed by atoms with Gasteiger partial charge >= 0.3 is 5.97 Å². The van der Waals surface area contributed by atoms with E-state index in [0.29, 0.717) is 5.01 Å². The minimum absolute atomic E-state index is 0.0397. The van der Waals surface area contributed by atoms with Gasteiger partial charge in [0.1, 0.15) is 12.0 Å². The van der Waals surface area contributed by atoms with Crippen LogP contribution in [0.5, 0.6) is 0 Å². The zero-order chi connectivity index (χ0) is 11.4. The first kappa shape index (κ1) is 11.0. The molecule has 1 aromatic heterocycles. The summed E-state index contributed by atoms with van der Waals surface area (Å²) in [5.41, 5.74) is 5.20. The van der Waals surface area contributed by atoms with Crippen LogP contribution >= 0.6 is 0 Å². The SMILES string of the molecule is NC[C@@H](C(=O)O)N(c1ccoc1)[N+](=O)[O-]. The predicted octanol–water partition coefficient (Wildman–Crippen LogP) is -0.310. The Hall–Kier alpha value is -2.09. The van der Waals surface area contributed by atoms with Crippen LogP contribution in [0, 0.1) is 10.1 Å². The summed E-state index contributed by atoms with van der Waals surface area (Å²) in [4.78, 5) is 21.4. The molecule has 1 atom stereocenters. The highest BCUT2D eigenvalue weighted by Crippen LogP contribution is 2.17. The van der Waals surface area contributed by atoms with Crippen LogP contribution in [0.1, 0.15) is 0 Å². The van der Waals surface area contributed by atoms with E-state index in [4.69, 9.17) is 10.8 Å². The number of carboxylic acid groups (broad SMARTS) is 1. The van der Waals surface area contributed by atoms with E-state index in [0.717, 1.165) is 6.26 Å². The summed E-state index contributed by atoms with van der Waals surface area (Å²) < 4.78 is 4.64. The number of hydrogen-bond donors (Lipinski definition) is 2. The van der Waals surface area contributed by atoms with Crippen molar-refractivity contribution in [3.8, 4) is 0 Å². The molecule has 0 saturated heterocycles. The van der Waals surface area contributed by atoms with Gasteiger partial charge in [-0.3, -0.25) is 0 Å². The second-order valence-electron chi connectivity index (χ2n) is 2.65. The van der Waals surface area contributed by atoms with E-state index >= 15 is 0 Å². The Labute approximate surface area is 84.0 Å². The molecule has 0 saturated carbocycles.